The van der Waals surface area contributed by atoms with Gasteiger partial charge in [-0.1, -0.05) is 66.2 Å². The molecule has 0 heterocycles. The second kappa shape index (κ2) is 12.9. The standard InChI is InChI=1S/C29H34ClN3O4S/c1-5-31-29(35)27(18-23-11-7-6-8-12-23)32(19-24-13-9-10-14-26(24)30)28(34)20-33(38(4,36)37)25-16-21(2)15-22(3)17-25/h6-17,27H,5,18-20H2,1-4H3,(H,31,35). The lowest BCUT2D eigenvalue weighted by Crippen LogP contribution is -2.53. The van der Waals surface area contributed by atoms with Crippen LogP contribution in [0.4, 0.5) is 5.69 Å². The first-order valence-corrected chi connectivity index (χ1v) is 14.6. The maximum Gasteiger partial charge on any atom is 0.244 e. The molecule has 1 unspecified atom stereocenters. The minimum absolute atomic E-state index is 0.0393. The molecule has 0 spiro atoms. The monoisotopic (exact) mass is 555 g/mol. The minimum Gasteiger partial charge on any atom is -0.355 e. The molecule has 1 atom stereocenters. The van der Waals surface area contributed by atoms with Crippen LogP contribution >= 0.6 is 11.6 Å². The van der Waals surface area contributed by atoms with E-state index in [9.17, 15) is 18.0 Å². The summed E-state index contributed by atoms with van der Waals surface area (Å²) in [5.41, 5.74) is 3.67. The number of anilines is 1. The van der Waals surface area contributed by atoms with Gasteiger partial charge in [0.1, 0.15) is 12.6 Å². The van der Waals surface area contributed by atoms with Gasteiger partial charge in [-0.25, -0.2) is 8.42 Å². The Labute approximate surface area is 230 Å². The van der Waals surface area contributed by atoms with Crippen LogP contribution in [0.3, 0.4) is 0 Å². The van der Waals surface area contributed by atoms with Gasteiger partial charge in [0.2, 0.25) is 21.8 Å². The van der Waals surface area contributed by atoms with Gasteiger partial charge in [-0.2, -0.15) is 0 Å². The maximum absolute atomic E-state index is 14.0. The zero-order valence-corrected chi connectivity index (χ0v) is 23.7. The van der Waals surface area contributed by atoms with Crippen LogP contribution in [-0.2, 0) is 32.6 Å². The van der Waals surface area contributed by atoms with Crippen molar-refractivity contribution >= 4 is 39.1 Å². The highest BCUT2D eigenvalue weighted by atomic mass is 35.5. The Bertz CT molecular complexity index is 1360. The van der Waals surface area contributed by atoms with Gasteiger partial charge in [0.15, 0.2) is 0 Å². The molecule has 0 aromatic heterocycles. The van der Waals surface area contributed by atoms with Crippen molar-refractivity contribution in [3.05, 3.63) is 100 Å². The van der Waals surface area contributed by atoms with Crippen LogP contribution in [0.1, 0.15) is 29.2 Å². The molecule has 0 bridgehead atoms. The highest BCUT2D eigenvalue weighted by Crippen LogP contribution is 2.24. The Kier molecular flexibility index (Phi) is 9.94. The van der Waals surface area contributed by atoms with E-state index in [2.05, 4.69) is 5.32 Å². The van der Waals surface area contributed by atoms with E-state index >= 15 is 0 Å². The molecule has 0 saturated heterocycles. The molecule has 3 rings (SSSR count). The summed E-state index contributed by atoms with van der Waals surface area (Å²) in [5.74, 6) is -0.837. The molecule has 3 aromatic rings. The number of hydrogen-bond acceptors (Lipinski definition) is 4. The van der Waals surface area contributed by atoms with Gasteiger partial charge < -0.3 is 10.2 Å². The fraction of sp³-hybridized carbons (Fsp3) is 0.310. The number of rotatable bonds is 11. The van der Waals surface area contributed by atoms with Gasteiger partial charge in [0, 0.05) is 24.5 Å². The molecule has 38 heavy (non-hydrogen) atoms. The normalized spacial score (nSPS) is 12.0. The number of carbonyl (C=O) groups is 2. The number of nitrogens with one attached hydrogen (secondary N) is 1. The fourth-order valence-corrected chi connectivity index (χ4v) is 5.39. The van der Waals surface area contributed by atoms with Crippen LogP contribution in [0.15, 0.2) is 72.8 Å². The molecule has 0 radical (unpaired) electrons. The average molecular weight is 556 g/mol. The lowest BCUT2D eigenvalue weighted by Gasteiger charge is -2.33. The van der Waals surface area contributed by atoms with Gasteiger partial charge in [-0.15, -0.1) is 0 Å². The van der Waals surface area contributed by atoms with Gasteiger partial charge in [-0.3, -0.25) is 13.9 Å². The number of nitrogens with zero attached hydrogens (tertiary/aromatic N) is 2. The van der Waals surface area contributed by atoms with E-state index < -0.39 is 28.5 Å². The van der Waals surface area contributed by atoms with Crippen molar-refractivity contribution in [1.29, 1.82) is 0 Å². The number of likely N-dealkylation sites (N-methyl/N-ethyl adjacent to an activating group) is 1. The molecule has 3 aromatic carbocycles. The third kappa shape index (κ3) is 7.82. The second-order valence-corrected chi connectivity index (χ2v) is 11.6. The molecule has 0 aliphatic carbocycles. The first-order chi connectivity index (χ1) is 18.0. The third-order valence-corrected chi connectivity index (χ3v) is 7.60. The molecule has 0 aliphatic rings. The predicted octanol–water partition coefficient (Wildman–Crippen LogP) is 4.50. The lowest BCUT2D eigenvalue weighted by molar-refractivity contribution is -0.140. The quantitative estimate of drug-likeness (QED) is 0.377. The van der Waals surface area contributed by atoms with Crippen LogP contribution in [0.5, 0.6) is 0 Å². The zero-order valence-electron chi connectivity index (χ0n) is 22.1. The first-order valence-electron chi connectivity index (χ1n) is 12.4. The van der Waals surface area contributed by atoms with Crippen molar-refractivity contribution in [2.75, 3.05) is 23.7 Å². The van der Waals surface area contributed by atoms with E-state index in [1.165, 1.54) is 4.90 Å². The molecule has 7 nitrogen and oxygen atoms in total. The van der Waals surface area contributed by atoms with Crippen LogP contribution in [0, 0.1) is 13.8 Å². The minimum atomic E-state index is -3.82. The van der Waals surface area contributed by atoms with Crippen molar-refractivity contribution < 1.29 is 18.0 Å². The molecule has 2 amide bonds. The van der Waals surface area contributed by atoms with Crippen molar-refractivity contribution in [2.45, 2.75) is 39.8 Å². The maximum atomic E-state index is 14.0. The van der Waals surface area contributed by atoms with E-state index in [1.807, 2.05) is 57.2 Å². The first kappa shape index (κ1) is 29.2. The molecule has 0 fully saturated rings. The Morgan fingerprint density at radius 3 is 2.13 bits per heavy atom. The van der Waals surface area contributed by atoms with Gasteiger partial charge in [0.25, 0.3) is 0 Å². The Hall–Kier alpha value is -3.36. The van der Waals surface area contributed by atoms with Crippen molar-refractivity contribution in [2.24, 2.45) is 0 Å². The number of hydrogen-bond donors (Lipinski definition) is 1. The van der Waals surface area contributed by atoms with Crippen LogP contribution in [-0.4, -0.2) is 50.5 Å². The highest BCUT2D eigenvalue weighted by Gasteiger charge is 2.33. The summed E-state index contributed by atoms with van der Waals surface area (Å²) < 4.78 is 26.8. The molecule has 9 heteroatoms. The molecule has 1 N–H and O–H groups in total. The van der Waals surface area contributed by atoms with Gasteiger partial charge in [0.05, 0.1) is 11.9 Å². The zero-order chi connectivity index (χ0) is 27.9. The molecular weight excluding hydrogens is 522 g/mol. The van der Waals surface area contributed by atoms with E-state index in [0.29, 0.717) is 22.8 Å². The summed E-state index contributed by atoms with van der Waals surface area (Å²) in [6, 6.07) is 21.0. The average Bonchev–Trinajstić information content (AvgIpc) is 2.85. The largest absolute Gasteiger partial charge is 0.355 e. The Morgan fingerprint density at radius 2 is 1.55 bits per heavy atom. The summed E-state index contributed by atoms with van der Waals surface area (Å²) >= 11 is 6.44. The number of halogens is 1. The summed E-state index contributed by atoms with van der Waals surface area (Å²) in [4.78, 5) is 28.8. The summed E-state index contributed by atoms with van der Waals surface area (Å²) in [7, 11) is -3.82. The molecule has 0 saturated carbocycles. The fourth-order valence-electron chi connectivity index (χ4n) is 4.36. The second-order valence-electron chi connectivity index (χ2n) is 9.33. The van der Waals surface area contributed by atoms with E-state index in [4.69, 9.17) is 11.6 Å². The summed E-state index contributed by atoms with van der Waals surface area (Å²) in [6.45, 7) is 5.51. The van der Waals surface area contributed by atoms with Crippen molar-refractivity contribution in [3.63, 3.8) is 0 Å². The van der Waals surface area contributed by atoms with Crippen molar-refractivity contribution in [1.82, 2.24) is 10.2 Å². The predicted molar refractivity (Wildman–Crippen MR) is 153 cm³/mol. The molecular formula is C29H34ClN3O4S. The highest BCUT2D eigenvalue weighted by molar-refractivity contribution is 7.92. The smallest absolute Gasteiger partial charge is 0.244 e. The van der Waals surface area contributed by atoms with E-state index in [0.717, 1.165) is 27.3 Å². The van der Waals surface area contributed by atoms with Gasteiger partial charge >= 0.3 is 0 Å². The Morgan fingerprint density at radius 1 is 0.947 bits per heavy atom. The third-order valence-electron chi connectivity index (χ3n) is 6.09. The number of amides is 2. The van der Waals surface area contributed by atoms with Crippen LogP contribution < -0.4 is 9.62 Å². The molecule has 202 valence electrons. The topological polar surface area (TPSA) is 86.8 Å². The lowest BCUT2D eigenvalue weighted by atomic mass is 10.0. The summed E-state index contributed by atoms with van der Waals surface area (Å²) in [5, 5.41) is 3.29. The Balaban J connectivity index is 2.07. The number of sulfonamides is 1. The van der Waals surface area contributed by atoms with Gasteiger partial charge in [-0.05, 0) is 61.2 Å². The number of aryl methyl sites for hydroxylation is 2. The molecule has 0 aliphatic heterocycles. The SMILES string of the molecule is CCNC(=O)C(Cc1ccccc1)N(Cc1ccccc1Cl)C(=O)CN(c1cc(C)cc(C)c1)S(C)(=O)=O. The van der Waals surface area contributed by atoms with Crippen molar-refractivity contribution in [3.8, 4) is 0 Å². The van der Waals surface area contributed by atoms with Crippen LogP contribution in [0.2, 0.25) is 5.02 Å². The number of carbonyl (C=O) groups excluding carboxylic acids is 2. The van der Waals surface area contributed by atoms with E-state index in [1.54, 1.807) is 36.4 Å². The summed E-state index contributed by atoms with van der Waals surface area (Å²) in [6.07, 6.45) is 1.33. The number of benzene rings is 3. The van der Waals surface area contributed by atoms with Crippen LogP contribution in [0.25, 0.3) is 0 Å². The van der Waals surface area contributed by atoms with E-state index in [-0.39, 0.29) is 18.9 Å².